The number of aryl methyl sites for hydroxylation is 1. The Labute approximate surface area is 613 Å². The molecule has 0 radical (unpaired) electrons. The van der Waals surface area contributed by atoms with Crippen LogP contribution >= 0.6 is 11.6 Å². The number of ether oxygens (including phenoxy) is 9. The van der Waals surface area contributed by atoms with E-state index < -0.39 is 58.9 Å². The summed E-state index contributed by atoms with van der Waals surface area (Å²) in [6, 6.07) is 36.3. The third kappa shape index (κ3) is 22.5. The van der Waals surface area contributed by atoms with Crippen molar-refractivity contribution in [2.45, 2.75) is 192 Å². The maximum atomic E-state index is 13.0. The van der Waals surface area contributed by atoms with E-state index in [-0.39, 0.29) is 25.4 Å². The van der Waals surface area contributed by atoms with Crippen molar-refractivity contribution in [1.82, 2.24) is 40.0 Å². The molecule has 4 aromatic carbocycles. The lowest BCUT2D eigenvalue weighted by Crippen LogP contribution is -2.49. The summed E-state index contributed by atoms with van der Waals surface area (Å²) in [6.07, 6.45) is 11.7. The van der Waals surface area contributed by atoms with E-state index in [4.69, 9.17) is 54.2 Å². The number of nitrogens with zero attached hydrogens (tertiary/aromatic N) is 7. The van der Waals surface area contributed by atoms with Crippen LogP contribution in [0.4, 0.5) is 9.59 Å². The van der Waals surface area contributed by atoms with Crippen molar-refractivity contribution in [2.24, 2.45) is 0 Å². The fourth-order valence-corrected chi connectivity index (χ4v) is 13.8. The Hall–Kier alpha value is -8.62. The molecule has 12 rings (SSSR count). The van der Waals surface area contributed by atoms with Crippen molar-refractivity contribution in [3.8, 4) is 11.5 Å². The summed E-state index contributed by atoms with van der Waals surface area (Å²) in [4.78, 5) is 109. The van der Waals surface area contributed by atoms with Crippen LogP contribution in [0.3, 0.4) is 0 Å². The first-order chi connectivity index (χ1) is 50.2. The lowest BCUT2D eigenvalue weighted by Gasteiger charge is -2.35. The van der Waals surface area contributed by atoms with E-state index in [1.54, 1.807) is 103 Å². The van der Waals surface area contributed by atoms with Gasteiger partial charge in [-0.25, -0.2) is 29.5 Å². The first kappa shape index (κ1) is 78.0. The van der Waals surface area contributed by atoms with Gasteiger partial charge in [-0.3, -0.25) is 28.9 Å². The smallest absolute Gasteiger partial charge is 0.424 e. The second kappa shape index (κ2) is 37.9. The van der Waals surface area contributed by atoms with E-state index in [9.17, 15) is 33.6 Å². The molecule has 6 atom stereocenters. The average Bonchev–Trinajstić information content (AvgIpc) is 1.36. The SMILES string of the molecule is CC(C)(C)OC(=O)N1C(=O)CCC(c2ccc(OCCOCCOCCCC(=O)OCc3ccccc3)cc2)C1=O.CC(C)(C)OC(=O)N1C(=O)CCC(c2ccc(OCCOCCOCCCc3ncnc4c3C[C@@H]3CC[C@H]4N3)cc2)C1=O.Clc1ncnc2c1C[C@@H]1CC[C@H]2N1Cc1ccccc1. The number of esters is 1. The molecule has 104 heavy (non-hydrogen) atoms. The van der Waals surface area contributed by atoms with Crippen LogP contribution in [0.15, 0.2) is 122 Å². The van der Waals surface area contributed by atoms with E-state index >= 15 is 0 Å². The molecule has 2 aromatic heterocycles. The van der Waals surface area contributed by atoms with Gasteiger partial charge < -0.3 is 47.9 Å². The van der Waals surface area contributed by atoms with Gasteiger partial charge in [0.15, 0.2) is 0 Å². The van der Waals surface area contributed by atoms with Gasteiger partial charge in [0.2, 0.25) is 23.6 Å². The number of carbonyl (C=O) groups excluding carboxylic acids is 7. The lowest BCUT2D eigenvalue weighted by molar-refractivity contribution is -0.149. The second-order valence-corrected chi connectivity index (χ2v) is 28.8. The molecule has 25 heteroatoms. The van der Waals surface area contributed by atoms with Gasteiger partial charge in [0.05, 0.1) is 74.9 Å². The van der Waals surface area contributed by atoms with Crippen molar-refractivity contribution < 1.29 is 76.2 Å². The molecule has 8 heterocycles. The van der Waals surface area contributed by atoms with Crippen molar-refractivity contribution >= 4 is 53.4 Å². The Balaban J connectivity index is 0.000000177. The molecule has 4 bridgehead atoms. The molecule has 6 aromatic rings. The minimum Gasteiger partial charge on any atom is -0.491 e. The number of likely N-dealkylation sites (tertiary alicyclic amines) is 2. The Morgan fingerprint density at radius 3 is 1.60 bits per heavy atom. The lowest BCUT2D eigenvalue weighted by atomic mass is 9.89. The number of hydrogen-bond donors (Lipinski definition) is 1. The molecule has 4 fully saturated rings. The van der Waals surface area contributed by atoms with E-state index in [0.29, 0.717) is 148 Å². The number of piperidine rings is 2. The predicted molar refractivity (Wildman–Crippen MR) is 384 cm³/mol. The van der Waals surface area contributed by atoms with Crippen LogP contribution in [0, 0.1) is 0 Å². The topological polar surface area (TPSA) is 276 Å². The van der Waals surface area contributed by atoms with Gasteiger partial charge in [-0.1, -0.05) is 96.5 Å². The monoisotopic (exact) mass is 1450 g/mol. The minimum absolute atomic E-state index is 0.0796. The molecule has 4 saturated heterocycles. The Morgan fingerprint density at radius 1 is 0.529 bits per heavy atom. The number of fused-ring (bicyclic) bond motifs is 8. The number of carbonyl (C=O) groups is 7. The largest absolute Gasteiger partial charge is 0.491 e. The first-order valence-corrected chi connectivity index (χ1v) is 36.6. The molecule has 6 aliphatic heterocycles. The zero-order valence-corrected chi connectivity index (χ0v) is 61.2. The number of rotatable bonds is 28. The summed E-state index contributed by atoms with van der Waals surface area (Å²) in [5, 5.41) is 4.29. The molecule has 24 nitrogen and oxygen atoms in total. The van der Waals surface area contributed by atoms with Gasteiger partial charge in [0, 0.05) is 62.4 Å². The summed E-state index contributed by atoms with van der Waals surface area (Å²) >= 11 is 6.24. The highest BCUT2D eigenvalue weighted by molar-refractivity contribution is 6.30. The molecule has 0 saturated carbocycles. The van der Waals surface area contributed by atoms with Gasteiger partial charge in [0.1, 0.15) is 60.3 Å². The third-order valence-corrected chi connectivity index (χ3v) is 18.8. The average molecular weight is 1450 g/mol. The summed E-state index contributed by atoms with van der Waals surface area (Å²) in [5.41, 5.74) is 8.13. The molecule has 1 N–H and O–H groups in total. The maximum Gasteiger partial charge on any atom is 0.424 e. The van der Waals surface area contributed by atoms with Crippen molar-refractivity contribution in [1.29, 1.82) is 0 Å². The van der Waals surface area contributed by atoms with Gasteiger partial charge in [-0.15, -0.1) is 0 Å². The molecule has 556 valence electrons. The highest BCUT2D eigenvalue weighted by Gasteiger charge is 2.44. The predicted octanol–water partition coefficient (Wildman–Crippen LogP) is 12.2. The van der Waals surface area contributed by atoms with Crippen LogP contribution in [0.5, 0.6) is 11.5 Å². The molecule has 2 unspecified atom stereocenters. The Kier molecular flexibility index (Phi) is 28.4. The minimum atomic E-state index is -0.943. The highest BCUT2D eigenvalue weighted by atomic mass is 35.5. The fraction of sp³-hybridized carbons (Fsp3) is 0.506. The van der Waals surface area contributed by atoms with Crippen molar-refractivity contribution in [2.75, 3.05) is 66.1 Å². The van der Waals surface area contributed by atoms with Crippen LogP contribution in [0.25, 0.3) is 0 Å². The second-order valence-electron chi connectivity index (χ2n) is 28.4. The van der Waals surface area contributed by atoms with Crippen LogP contribution in [-0.4, -0.2) is 166 Å². The molecule has 0 spiro atoms. The summed E-state index contributed by atoms with van der Waals surface area (Å²) in [6.45, 7) is 15.8. The zero-order chi connectivity index (χ0) is 73.6. The van der Waals surface area contributed by atoms with Crippen molar-refractivity contribution in [3.63, 3.8) is 0 Å². The van der Waals surface area contributed by atoms with Gasteiger partial charge in [-0.05, 0) is 164 Å². The standard InChI is InChI=1S/C32H42N4O7.C31H39NO9.C16H16ClN3/c1-32(2,3)43-31(39)36-28(37)13-11-24(30(36)38)21-6-9-23(10-7-21)42-18-17-41-16-15-40-14-4-5-26-25-19-22-8-12-27(35-22)29(25)34-20-33-26;1-31(2,3)41-30(36)32-27(33)16-15-26(29(32)35)24-11-13-25(14-12-24)39-21-20-38-19-18-37-17-7-10-28(34)40-22-23-8-5-4-6-9-23;17-16-13-8-12-6-7-14(15(13)18-10-19-16)20(12)9-11-4-2-1-3-5-11/h6-7,9-10,20,22,24,27,35H,4-5,8,11-19H2,1-3H3;4-6,8-9,11-14,26H,7,10,15-22H2,1-3H3;1-5,10,12,14H,6-9H2/t22-,24?,27+;;12-,14+/m0.0/s1. The molecule has 6 aliphatic rings. The number of imide groups is 6. The Bertz CT molecular complexity index is 3840. The molecular formula is C79H97ClN8O16. The van der Waals surface area contributed by atoms with E-state index in [0.717, 1.165) is 54.7 Å². The number of halogens is 1. The number of amides is 6. The maximum absolute atomic E-state index is 13.0. The summed E-state index contributed by atoms with van der Waals surface area (Å²) in [5.74, 6) is -2.44. The Morgan fingerprint density at radius 2 is 1.04 bits per heavy atom. The number of benzene rings is 4. The summed E-state index contributed by atoms with van der Waals surface area (Å²) in [7, 11) is 0. The quantitative estimate of drug-likeness (QED) is 0.0157. The van der Waals surface area contributed by atoms with Gasteiger partial charge in [-0.2, -0.15) is 9.80 Å². The van der Waals surface area contributed by atoms with Crippen LogP contribution in [0.1, 0.15) is 187 Å². The third-order valence-electron chi connectivity index (χ3n) is 18.5. The van der Waals surface area contributed by atoms with Crippen molar-refractivity contribution in [3.05, 3.63) is 177 Å². The number of nitrogens with one attached hydrogen (secondary N) is 1. The van der Waals surface area contributed by atoms with E-state index in [1.165, 1.54) is 48.1 Å². The normalized spacial score (nSPS) is 19.8. The molecule has 6 amide bonds. The number of hydrogen-bond acceptors (Lipinski definition) is 22. The molecular weight excluding hydrogens is 1350 g/mol. The molecule has 0 aliphatic carbocycles. The van der Waals surface area contributed by atoms with Crippen LogP contribution in [-0.2, 0) is 89.5 Å². The van der Waals surface area contributed by atoms with Crippen LogP contribution < -0.4 is 14.8 Å². The first-order valence-electron chi connectivity index (χ1n) is 36.2. The summed E-state index contributed by atoms with van der Waals surface area (Å²) < 4.78 is 49.6. The van der Waals surface area contributed by atoms with Crippen LogP contribution in [0.2, 0.25) is 5.15 Å². The zero-order valence-electron chi connectivity index (χ0n) is 60.4. The van der Waals surface area contributed by atoms with Gasteiger partial charge in [0.25, 0.3) is 0 Å². The fourth-order valence-electron chi connectivity index (χ4n) is 13.6. The van der Waals surface area contributed by atoms with E-state index in [2.05, 4.69) is 60.5 Å². The highest BCUT2D eigenvalue weighted by Crippen LogP contribution is 2.45. The number of aromatic nitrogens is 4. The van der Waals surface area contributed by atoms with Gasteiger partial charge >= 0.3 is 18.2 Å². The van der Waals surface area contributed by atoms with E-state index in [1.807, 2.05) is 30.3 Å².